The summed E-state index contributed by atoms with van der Waals surface area (Å²) in [6.45, 7) is 0. The van der Waals surface area contributed by atoms with Crippen LogP contribution in [0.4, 0.5) is 11.4 Å². The molecule has 0 fully saturated rings. The molecular formula is C14H11Cl2NO2. The molecule has 3 nitrogen and oxygen atoms in total. The summed E-state index contributed by atoms with van der Waals surface area (Å²) >= 11 is 12.1. The molecule has 0 bridgehead atoms. The van der Waals surface area contributed by atoms with Gasteiger partial charge in [0.15, 0.2) is 0 Å². The third kappa shape index (κ3) is 3.19. The Bertz CT molecular complexity index is 577. The third-order valence-electron chi connectivity index (χ3n) is 2.54. The average Bonchev–Trinajstić information content (AvgIpc) is 2.43. The van der Waals surface area contributed by atoms with Gasteiger partial charge in [0.05, 0.1) is 28.4 Å². The summed E-state index contributed by atoms with van der Waals surface area (Å²) in [5.74, 6) is -0.373. The van der Waals surface area contributed by atoms with Gasteiger partial charge >= 0.3 is 5.97 Å². The Morgan fingerprint density at radius 1 is 1.05 bits per heavy atom. The lowest BCUT2D eigenvalue weighted by atomic mass is 10.2. The van der Waals surface area contributed by atoms with E-state index in [1.54, 1.807) is 42.5 Å². The van der Waals surface area contributed by atoms with Crippen molar-refractivity contribution in [3.8, 4) is 0 Å². The first-order chi connectivity index (χ1) is 9.11. The lowest BCUT2D eigenvalue weighted by Crippen LogP contribution is -2.01. The smallest absolute Gasteiger partial charge is 0.337 e. The minimum atomic E-state index is -0.373. The minimum absolute atomic E-state index is 0.373. The second-order valence-electron chi connectivity index (χ2n) is 3.79. The van der Waals surface area contributed by atoms with Gasteiger partial charge in [-0.25, -0.2) is 4.79 Å². The number of rotatable bonds is 3. The quantitative estimate of drug-likeness (QED) is 0.846. The van der Waals surface area contributed by atoms with Crippen LogP contribution in [0, 0.1) is 0 Å². The fourth-order valence-corrected chi connectivity index (χ4v) is 2.06. The van der Waals surface area contributed by atoms with Crippen LogP contribution in [0.2, 0.25) is 10.0 Å². The molecule has 2 rings (SSSR count). The molecule has 0 atom stereocenters. The second-order valence-corrected chi connectivity index (χ2v) is 4.60. The number of hydrogen-bond acceptors (Lipinski definition) is 3. The van der Waals surface area contributed by atoms with Crippen molar-refractivity contribution in [2.75, 3.05) is 12.4 Å². The van der Waals surface area contributed by atoms with Crippen LogP contribution >= 0.6 is 23.2 Å². The first-order valence-electron chi connectivity index (χ1n) is 5.51. The van der Waals surface area contributed by atoms with Crippen molar-refractivity contribution in [3.63, 3.8) is 0 Å². The van der Waals surface area contributed by atoms with E-state index in [1.807, 2.05) is 0 Å². The van der Waals surface area contributed by atoms with E-state index in [-0.39, 0.29) is 5.97 Å². The summed E-state index contributed by atoms with van der Waals surface area (Å²) in [5.41, 5.74) is 1.90. The summed E-state index contributed by atoms with van der Waals surface area (Å²) < 4.78 is 4.63. The number of para-hydroxylation sites is 1. The second kappa shape index (κ2) is 5.95. The van der Waals surface area contributed by atoms with Crippen LogP contribution in [0.5, 0.6) is 0 Å². The van der Waals surface area contributed by atoms with Crippen molar-refractivity contribution >= 4 is 40.5 Å². The van der Waals surface area contributed by atoms with E-state index in [4.69, 9.17) is 23.2 Å². The first kappa shape index (κ1) is 13.7. The van der Waals surface area contributed by atoms with E-state index in [0.717, 1.165) is 5.69 Å². The van der Waals surface area contributed by atoms with Gasteiger partial charge in [-0.2, -0.15) is 0 Å². The van der Waals surface area contributed by atoms with Crippen molar-refractivity contribution in [2.24, 2.45) is 0 Å². The Hall–Kier alpha value is -1.71. The van der Waals surface area contributed by atoms with Gasteiger partial charge in [-0.05, 0) is 36.4 Å². The van der Waals surface area contributed by atoms with Gasteiger partial charge in [0, 0.05) is 5.69 Å². The summed E-state index contributed by atoms with van der Waals surface area (Å²) in [4.78, 5) is 11.3. The summed E-state index contributed by atoms with van der Waals surface area (Å²) in [7, 11) is 1.35. The standard InChI is InChI=1S/C14H11Cl2NO2/c1-19-14(18)9-5-7-10(8-6-9)17-13-11(15)3-2-4-12(13)16/h2-8,17H,1H3. The maximum atomic E-state index is 11.3. The number of ether oxygens (including phenoxy) is 1. The lowest BCUT2D eigenvalue weighted by Gasteiger charge is -2.10. The number of benzene rings is 2. The maximum Gasteiger partial charge on any atom is 0.337 e. The van der Waals surface area contributed by atoms with Crippen LogP contribution in [-0.2, 0) is 4.74 Å². The van der Waals surface area contributed by atoms with E-state index < -0.39 is 0 Å². The highest BCUT2D eigenvalue weighted by Crippen LogP contribution is 2.32. The minimum Gasteiger partial charge on any atom is -0.465 e. The van der Waals surface area contributed by atoms with Crippen LogP contribution in [0.1, 0.15) is 10.4 Å². The summed E-state index contributed by atoms with van der Waals surface area (Å²) in [6.07, 6.45) is 0. The van der Waals surface area contributed by atoms with Crippen LogP contribution in [0.15, 0.2) is 42.5 Å². The van der Waals surface area contributed by atoms with Crippen molar-refractivity contribution < 1.29 is 9.53 Å². The van der Waals surface area contributed by atoms with Crippen LogP contribution in [0.25, 0.3) is 0 Å². The van der Waals surface area contributed by atoms with Gasteiger partial charge in [-0.1, -0.05) is 29.3 Å². The molecule has 1 N–H and O–H groups in total. The summed E-state index contributed by atoms with van der Waals surface area (Å²) in [6, 6.07) is 12.1. The van der Waals surface area contributed by atoms with Crippen molar-refractivity contribution in [2.45, 2.75) is 0 Å². The van der Waals surface area contributed by atoms with E-state index in [9.17, 15) is 4.79 Å². The highest BCUT2D eigenvalue weighted by Gasteiger charge is 2.07. The fraction of sp³-hybridized carbons (Fsp3) is 0.0714. The number of anilines is 2. The molecule has 0 aliphatic rings. The Balaban J connectivity index is 2.22. The van der Waals surface area contributed by atoms with Crippen LogP contribution in [0.3, 0.4) is 0 Å². The SMILES string of the molecule is COC(=O)c1ccc(Nc2c(Cl)cccc2Cl)cc1. The monoisotopic (exact) mass is 295 g/mol. The zero-order valence-corrected chi connectivity index (χ0v) is 11.6. The van der Waals surface area contributed by atoms with Crippen molar-refractivity contribution in [1.29, 1.82) is 0 Å². The first-order valence-corrected chi connectivity index (χ1v) is 6.27. The van der Waals surface area contributed by atoms with E-state index >= 15 is 0 Å². The van der Waals surface area contributed by atoms with Crippen LogP contribution < -0.4 is 5.32 Å². The Morgan fingerprint density at radius 3 is 2.16 bits per heavy atom. The van der Waals surface area contributed by atoms with E-state index in [1.165, 1.54) is 7.11 Å². The van der Waals surface area contributed by atoms with Gasteiger partial charge in [0.25, 0.3) is 0 Å². The molecule has 0 aromatic heterocycles. The lowest BCUT2D eigenvalue weighted by molar-refractivity contribution is 0.0601. The number of nitrogens with one attached hydrogen (secondary N) is 1. The molecule has 0 amide bonds. The number of carbonyl (C=O) groups is 1. The molecule has 2 aromatic rings. The normalized spacial score (nSPS) is 10.1. The predicted molar refractivity (Wildman–Crippen MR) is 77.5 cm³/mol. The number of halogens is 2. The maximum absolute atomic E-state index is 11.3. The molecule has 0 aliphatic carbocycles. The molecule has 0 saturated heterocycles. The van der Waals surface area contributed by atoms with Crippen molar-refractivity contribution in [3.05, 3.63) is 58.1 Å². The molecule has 0 unspecified atom stereocenters. The van der Waals surface area contributed by atoms with Gasteiger partial charge < -0.3 is 10.1 Å². The van der Waals surface area contributed by atoms with E-state index in [2.05, 4.69) is 10.1 Å². The molecule has 19 heavy (non-hydrogen) atoms. The predicted octanol–water partition coefficient (Wildman–Crippen LogP) is 4.52. The van der Waals surface area contributed by atoms with Gasteiger partial charge in [-0.15, -0.1) is 0 Å². The molecule has 0 spiro atoms. The van der Waals surface area contributed by atoms with Crippen molar-refractivity contribution in [1.82, 2.24) is 0 Å². The molecule has 98 valence electrons. The zero-order valence-electron chi connectivity index (χ0n) is 10.1. The molecule has 0 radical (unpaired) electrons. The largest absolute Gasteiger partial charge is 0.465 e. The number of esters is 1. The number of hydrogen-bond donors (Lipinski definition) is 1. The summed E-state index contributed by atoms with van der Waals surface area (Å²) in [5, 5.41) is 4.17. The highest BCUT2D eigenvalue weighted by molar-refractivity contribution is 6.39. The number of methoxy groups -OCH3 is 1. The third-order valence-corrected chi connectivity index (χ3v) is 3.17. The Kier molecular flexibility index (Phi) is 4.30. The molecule has 5 heteroatoms. The molecule has 2 aromatic carbocycles. The molecule has 0 heterocycles. The Morgan fingerprint density at radius 2 is 1.63 bits per heavy atom. The number of carbonyl (C=O) groups excluding carboxylic acids is 1. The fourth-order valence-electron chi connectivity index (χ4n) is 1.57. The molecule has 0 aliphatic heterocycles. The molecule has 0 saturated carbocycles. The Labute approximate surface area is 121 Å². The van der Waals surface area contributed by atoms with Gasteiger partial charge in [0.2, 0.25) is 0 Å². The zero-order chi connectivity index (χ0) is 13.8. The van der Waals surface area contributed by atoms with Gasteiger partial charge in [-0.3, -0.25) is 0 Å². The topological polar surface area (TPSA) is 38.3 Å². The van der Waals surface area contributed by atoms with E-state index in [0.29, 0.717) is 21.3 Å². The van der Waals surface area contributed by atoms with Crippen LogP contribution in [-0.4, -0.2) is 13.1 Å². The average molecular weight is 296 g/mol. The highest BCUT2D eigenvalue weighted by atomic mass is 35.5. The van der Waals surface area contributed by atoms with Gasteiger partial charge in [0.1, 0.15) is 0 Å². The molecular weight excluding hydrogens is 285 g/mol.